The van der Waals surface area contributed by atoms with E-state index in [0.29, 0.717) is 18.0 Å². The van der Waals surface area contributed by atoms with Gasteiger partial charge in [-0.15, -0.1) is 0 Å². The topological polar surface area (TPSA) is 46.1 Å². The van der Waals surface area contributed by atoms with Crippen LogP contribution in [0.4, 0.5) is 5.69 Å². The average Bonchev–Trinajstić information content (AvgIpc) is 2.73. The van der Waals surface area contributed by atoms with Crippen LogP contribution in [0.5, 0.6) is 0 Å². The number of halogens is 1. The zero-order valence-electron chi connectivity index (χ0n) is 16.0. The van der Waals surface area contributed by atoms with Gasteiger partial charge in [0, 0.05) is 10.7 Å². The molecule has 0 saturated heterocycles. The molecule has 0 spiro atoms. The van der Waals surface area contributed by atoms with E-state index in [4.69, 9.17) is 16.6 Å². The third-order valence-corrected chi connectivity index (χ3v) is 5.04. The van der Waals surface area contributed by atoms with Crippen molar-refractivity contribution in [3.63, 3.8) is 0 Å². The van der Waals surface area contributed by atoms with Crippen LogP contribution in [0.2, 0.25) is 5.02 Å². The van der Waals surface area contributed by atoms with Crippen LogP contribution < -0.4 is 4.90 Å². The van der Waals surface area contributed by atoms with E-state index in [0.717, 1.165) is 33.7 Å². The van der Waals surface area contributed by atoms with Gasteiger partial charge in [-0.25, -0.2) is 9.97 Å². The lowest BCUT2D eigenvalue weighted by Crippen LogP contribution is -2.32. The molecule has 4 nitrogen and oxygen atoms in total. The lowest BCUT2D eigenvalue weighted by Gasteiger charge is -2.23. The summed E-state index contributed by atoms with van der Waals surface area (Å²) < 4.78 is 0. The van der Waals surface area contributed by atoms with E-state index in [2.05, 4.69) is 4.98 Å². The summed E-state index contributed by atoms with van der Waals surface area (Å²) in [5.74, 6) is -0.00659. The van der Waals surface area contributed by atoms with Crippen molar-refractivity contribution in [3.8, 4) is 0 Å². The molecule has 0 aliphatic rings. The highest BCUT2D eigenvalue weighted by Gasteiger charge is 2.19. The second-order valence-corrected chi connectivity index (χ2v) is 7.30. The van der Waals surface area contributed by atoms with Gasteiger partial charge in [0.15, 0.2) is 0 Å². The zero-order valence-corrected chi connectivity index (χ0v) is 16.8. The predicted molar refractivity (Wildman–Crippen MR) is 117 cm³/mol. The molecule has 0 atom stereocenters. The molecule has 1 heterocycles. The minimum Gasteiger partial charge on any atom is -0.306 e. The van der Waals surface area contributed by atoms with Crippen molar-refractivity contribution in [1.29, 1.82) is 0 Å². The Balaban J connectivity index is 1.69. The largest absolute Gasteiger partial charge is 0.306 e. The van der Waals surface area contributed by atoms with Gasteiger partial charge >= 0.3 is 0 Å². The molecule has 3 aromatic carbocycles. The van der Waals surface area contributed by atoms with Crippen LogP contribution in [0.15, 0.2) is 78.9 Å². The average molecular weight is 402 g/mol. The summed E-state index contributed by atoms with van der Waals surface area (Å²) in [7, 11) is 0. The van der Waals surface area contributed by atoms with Gasteiger partial charge in [-0.1, -0.05) is 54.1 Å². The Hall–Kier alpha value is -3.24. The van der Waals surface area contributed by atoms with Gasteiger partial charge in [0.05, 0.1) is 35.4 Å². The lowest BCUT2D eigenvalue weighted by atomic mass is 10.1. The second-order valence-electron chi connectivity index (χ2n) is 6.86. The molecule has 29 heavy (non-hydrogen) atoms. The van der Waals surface area contributed by atoms with Gasteiger partial charge in [-0.2, -0.15) is 0 Å². The number of rotatable bonds is 5. The number of aryl methyl sites for hydroxylation is 1. The highest BCUT2D eigenvalue weighted by molar-refractivity contribution is 6.30. The second kappa shape index (κ2) is 8.41. The summed E-state index contributed by atoms with van der Waals surface area (Å²) in [4.78, 5) is 24.4. The first-order valence-corrected chi connectivity index (χ1v) is 9.80. The van der Waals surface area contributed by atoms with Crippen molar-refractivity contribution >= 4 is 34.2 Å². The molecule has 0 aliphatic heterocycles. The SMILES string of the molecule is Cc1nc2ccccc2nc1CN(C(=O)Cc1ccccc1)c1ccc(Cl)cc1. The van der Waals surface area contributed by atoms with E-state index in [-0.39, 0.29) is 5.91 Å². The van der Waals surface area contributed by atoms with Crippen LogP contribution in [0.3, 0.4) is 0 Å². The summed E-state index contributed by atoms with van der Waals surface area (Å²) >= 11 is 6.05. The fraction of sp³-hybridized carbons (Fsp3) is 0.125. The molecule has 0 N–H and O–H groups in total. The Labute approximate surface area is 174 Å². The van der Waals surface area contributed by atoms with Crippen molar-refractivity contribution in [1.82, 2.24) is 9.97 Å². The number of fused-ring (bicyclic) bond motifs is 1. The Kier molecular flexibility index (Phi) is 5.54. The summed E-state index contributed by atoms with van der Waals surface area (Å²) in [5.41, 5.74) is 5.01. The number of para-hydroxylation sites is 2. The molecular weight excluding hydrogens is 382 g/mol. The summed E-state index contributed by atoms with van der Waals surface area (Å²) in [5, 5.41) is 0.630. The van der Waals surface area contributed by atoms with Gasteiger partial charge in [-0.05, 0) is 48.9 Å². The first-order chi connectivity index (χ1) is 14.1. The first kappa shape index (κ1) is 19.1. The molecule has 4 aromatic rings. The van der Waals surface area contributed by atoms with Crippen LogP contribution in [0.25, 0.3) is 11.0 Å². The van der Waals surface area contributed by atoms with Crippen molar-refractivity contribution in [2.45, 2.75) is 19.9 Å². The quantitative estimate of drug-likeness (QED) is 0.451. The van der Waals surface area contributed by atoms with E-state index in [9.17, 15) is 4.79 Å². The number of hydrogen-bond donors (Lipinski definition) is 0. The number of aromatic nitrogens is 2. The number of amides is 1. The van der Waals surface area contributed by atoms with Crippen molar-refractivity contribution in [3.05, 3.63) is 101 Å². The molecule has 5 heteroatoms. The fourth-order valence-electron chi connectivity index (χ4n) is 3.23. The molecule has 0 bridgehead atoms. The maximum Gasteiger partial charge on any atom is 0.231 e. The standard InChI is InChI=1S/C24H20ClN3O/c1-17-23(27-22-10-6-5-9-21(22)26-17)16-28(20-13-11-19(25)12-14-20)24(29)15-18-7-3-2-4-8-18/h2-14H,15-16H2,1H3. The van der Waals surface area contributed by atoms with Gasteiger partial charge in [0.25, 0.3) is 0 Å². The molecule has 144 valence electrons. The maximum atomic E-state index is 13.2. The van der Waals surface area contributed by atoms with Crippen LogP contribution in [0.1, 0.15) is 17.0 Å². The van der Waals surface area contributed by atoms with Crippen LogP contribution >= 0.6 is 11.6 Å². The number of carbonyl (C=O) groups is 1. The maximum absolute atomic E-state index is 13.2. The highest BCUT2D eigenvalue weighted by atomic mass is 35.5. The van der Waals surface area contributed by atoms with Gasteiger partial charge < -0.3 is 4.90 Å². The Morgan fingerprint density at radius 1 is 0.862 bits per heavy atom. The van der Waals surface area contributed by atoms with E-state index in [1.54, 1.807) is 17.0 Å². The van der Waals surface area contributed by atoms with Crippen LogP contribution in [-0.4, -0.2) is 15.9 Å². The molecule has 1 amide bonds. The minimum absolute atomic E-state index is 0.00659. The van der Waals surface area contributed by atoms with Crippen molar-refractivity contribution in [2.24, 2.45) is 0 Å². The molecular formula is C24H20ClN3O. The normalized spacial score (nSPS) is 10.8. The number of benzene rings is 3. The smallest absolute Gasteiger partial charge is 0.231 e. The van der Waals surface area contributed by atoms with Crippen molar-refractivity contribution < 1.29 is 4.79 Å². The molecule has 0 radical (unpaired) electrons. The molecule has 0 aliphatic carbocycles. The van der Waals surface area contributed by atoms with Crippen LogP contribution in [0, 0.1) is 6.92 Å². The fourth-order valence-corrected chi connectivity index (χ4v) is 3.36. The number of hydrogen-bond acceptors (Lipinski definition) is 3. The molecule has 1 aromatic heterocycles. The number of nitrogens with zero attached hydrogens (tertiary/aromatic N) is 3. The predicted octanol–water partition coefficient (Wildman–Crippen LogP) is 5.37. The minimum atomic E-state index is -0.00659. The van der Waals surface area contributed by atoms with Crippen molar-refractivity contribution in [2.75, 3.05) is 4.90 Å². The Bertz CT molecular complexity index is 1140. The third-order valence-electron chi connectivity index (χ3n) is 4.79. The lowest BCUT2D eigenvalue weighted by molar-refractivity contribution is -0.118. The van der Waals surface area contributed by atoms with E-state index in [1.165, 1.54) is 0 Å². The Morgan fingerprint density at radius 2 is 1.48 bits per heavy atom. The van der Waals surface area contributed by atoms with Crippen LogP contribution in [-0.2, 0) is 17.8 Å². The van der Waals surface area contributed by atoms with Gasteiger partial charge in [0.1, 0.15) is 0 Å². The number of anilines is 1. The van der Waals surface area contributed by atoms with E-state index >= 15 is 0 Å². The third kappa shape index (κ3) is 4.44. The first-order valence-electron chi connectivity index (χ1n) is 9.42. The molecule has 0 unspecified atom stereocenters. The Morgan fingerprint density at radius 3 is 2.17 bits per heavy atom. The van der Waals surface area contributed by atoms with E-state index in [1.807, 2.05) is 73.7 Å². The monoisotopic (exact) mass is 401 g/mol. The van der Waals surface area contributed by atoms with Gasteiger partial charge in [-0.3, -0.25) is 4.79 Å². The van der Waals surface area contributed by atoms with E-state index < -0.39 is 0 Å². The molecule has 4 rings (SSSR count). The molecule has 0 saturated carbocycles. The summed E-state index contributed by atoms with van der Waals surface area (Å²) in [6.45, 7) is 2.27. The zero-order chi connectivity index (χ0) is 20.2. The van der Waals surface area contributed by atoms with Gasteiger partial charge in [0.2, 0.25) is 5.91 Å². The highest BCUT2D eigenvalue weighted by Crippen LogP contribution is 2.23. The molecule has 0 fully saturated rings. The summed E-state index contributed by atoms with van der Waals surface area (Å²) in [6.07, 6.45) is 0.309. The number of carbonyl (C=O) groups excluding carboxylic acids is 1. The summed E-state index contributed by atoms with van der Waals surface area (Å²) in [6, 6.07) is 24.8.